The molecule has 0 bridgehead atoms. The molecule has 0 unspecified atom stereocenters. The molecule has 3 rings (SSSR count). The Morgan fingerprint density at radius 2 is 2.11 bits per heavy atom. The van der Waals surface area contributed by atoms with Gasteiger partial charge < -0.3 is 10.5 Å². The summed E-state index contributed by atoms with van der Waals surface area (Å²) in [5.41, 5.74) is 7.90. The van der Waals surface area contributed by atoms with Crippen LogP contribution < -0.4 is 16.0 Å². The Kier molecular flexibility index (Phi) is 2.62. The standard InChI is InChI=1S/C14H17N3O2/c1-16-13(9-6-7-9)12(15)14(18)17(16)10-4-3-5-11(8-10)19-2/h3-5,8-9H,6-7,15H2,1-2H3. The van der Waals surface area contributed by atoms with E-state index in [0.29, 0.717) is 11.6 Å². The van der Waals surface area contributed by atoms with Gasteiger partial charge in [0, 0.05) is 19.0 Å². The maximum absolute atomic E-state index is 12.3. The van der Waals surface area contributed by atoms with Gasteiger partial charge in [0.1, 0.15) is 11.4 Å². The van der Waals surface area contributed by atoms with Crippen molar-refractivity contribution in [1.29, 1.82) is 0 Å². The average molecular weight is 259 g/mol. The van der Waals surface area contributed by atoms with Gasteiger partial charge in [-0.05, 0) is 25.0 Å². The molecular formula is C14H17N3O2. The van der Waals surface area contributed by atoms with Crippen LogP contribution in [-0.2, 0) is 7.05 Å². The molecule has 0 aliphatic heterocycles. The van der Waals surface area contributed by atoms with Gasteiger partial charge in [0.05, 0.1) is 18.5 Å². The van der Waals surface area contributed by atoms with Gasteiger partial charge in [0.15, 0.2) is 0 Å². The molecule has 1 aromatic carbocycles. The van der Waals surface area contributed by atoms with Crippen LogP contribution in [-0.4, -0.2) is 16.5 Å². The number of anilines is 1. The average Bonchev–Trinajstić information content (AvgIpc) is 3.20. The van der Waals surface area contributed by atoms with Gasteiger partial charge in [-0.15, -0.1) is 0 Å². The lowest BCUT2D eigenvalue weighted by molar-refractivity contribution is 0.414. The zero-order valence-electron chi connectivity index (χ0n) is 11.1. The molecule has 0 spiro atoms. The summed E-state index contributed by atoms with van der Waals surface area (Å²) in [6.45, 7) is 0. The van der Waals surface area contributed by atoms with E-state index in [4.69, 9.17) is 10.5 Å². The van der Waals surface area contributed by atoms with Crippen LogP contribution in [0.3, 0.4) is 0 Å². The molecule has 0 amide bonds. The zero-order chi connectivity index (χ0) is 13.6. The fourth-order valence-electron chi connectivity index (χ4n) is 2.52. The van der Waals surface area contributed by atoms with Crippen molar-refractivity contribution >= 4 is 5.69 Å². The second-order valence-electron chi connectivity index (χ2n) is 4.92. The number of nitrogen functional groups attached to an aromatic ring is 1. The number of rotatable bonds is 3. The van der Waals surface area contributed by atoms with Crippen LogP contribution >= 0.6 is 0 Å². The van der Waals surface area contributed by atoms with E-state index in [0.717, 1.165) is 30.0 Å². The lowest BCUT2D eigenvalue weighted by Crippen LogP contribution is -2.20. The van der Waals surface area contributed by atoms with Gasteiger partial charge in [-0.1, -0.05) is 6.07 Å². The number of benzene rings is 1. The van der Waals surface area contributed by atoms with Crippen molar-refractivity contribution in [2.75, 3.05) is 12.8 Å². The molecule has 1 heterocycles. The summed E-state index contributed by atoms with van der Waals surface area (Å²) in [6.07, 6.45) is 2.22. The Balaban J connectivity index is 2.19. The maximum atomic E-state index is 12.3. The summed E-state index contributed by atoms with van der Waals surface area (Å²) in [7, 11) is 3.49. The first-order valence-corrected chi connectivity index (χ1v) is 6.35. The van der Waals surface area contributed by atoms with Crippen molar-refractivity contribution in [2.45, 2.75) is 18.8 Å². The molecule has 0 atom stereocenters. The van der Waals surface area contributed by atoms with Gasteiger partial charge in [0.25, 0.3) is 5.56 Å². The highest BCUT2D eigenvalue weighted by atomic mass is 16.5. The van der Waals surface area contributed by atoms with E-state index >= 15 is 0 Å². The Morgan fingerprint density at radius 1 is 1.37 bits per heavy atom. The van der Waals surface area contributed by atoms with Crippen molar-refractivity contribution in [2.24, 2.45) is 7.05 Å². The smallest absolute Gasteiger partial charge is 0.294 e. The predicted octanol–water partition coefficient (Wildman–Crippen LogP) is 1.64. The maximum Gasteiger partial charge on any atom is 0.294 e. The molecule has 1 aliphatic rings. The molecule has 5 nitrogen and oxygen atoms in total. The van der Waals surface area contributed by atoms with E-state index in [1.807, 2.05) is 36.0 Å². The highest BCUT2D eigenvalue weighted by molar-refractivity contribution is 5.49. The van der Waals surface area contributed by atoms with Crippen molar-refractivity contribution < 1.29 is 4.74 Å². The van der Waals surface area contributed by atoms with E-state index in [1.54, 1.807) is 11.8 Å². The van der Waals surface area contributed by atoms with Gasteiger partial charge in [-0.2, -0.15) is 0 Å². The molecule has 0 radical (unpaired) electrons. The molecule has 1 aromatic heterocycles. The second-order valence-corrected chi connectivity index (χ2v) is 4.92. The molecule has 5 heteroatoms. The van der Waals surface area contributed by atoms with Crippen molar-refractivity contribution in [3.8, 4) is 11.4 Å². The first-order chi connectivity index (χ1) is 9.13. The van der Waals surface area contributed by atoms with Gasteiger partial charge in [-0.3, -0.25) is 9.48 Å². The third-order valence-corrected chi connectivity index (χ3v) is 3.61. The first kappa shape index (κ1) is 11.9. The highest BCUT2D eigenvalue weighted by Crippen LogP contribution is 2.42. The second kappa shape index (κ2) is 4.19. The molecule has 1 fully saturated rings. The van der Waals surface area contributed by atoms with Crippen molar-refractivity contribution in [3.63, 3.8) is 0 Å². The quantitative estimate of drug-likeness (QED) is 0.911. The summed E-state index contributed by atoms with van der Waals surface area (Å²) in [5.74, 6) is 1.15. The lowest BCUT2D eigenvalue weighted by Gasteiger charge is -2.10. The Hall–Kier alpha value is -2.17. The van der Waals surface area contributed by atoms with Crippen molar-refractivity contribution in [3.05, 3.63) is 40.3 Å². The molecule has 19 heavy (non-hydrogen) atoms. The van der Waals surface area contributed by atoms with E-state index in [2.05, 4.69) is 0 Å². The van der Waals surface area contributed by atoms with Crippen molar-refractivity contribution in [1.82, 2.24) is 9.36 Å². The lowest BCUT2D eigenvalue weighted by atomic mass is 10.2. The molecule has 2 N–H and O–H groups in total. The third kappa shape index (κ3) is 1.82. The van der Waals surface area contributed by atoms with E-state index in [9.17, 15) is 4.79 Å². The summed E-state index contributed by atoms with van der Waals surface area (Å²) >= 11 is 0. The molecular weight excluding hydrogens is 242 g/mol. The largest absolute Gasteiger partial charge is 0.497 e. The minimum absolute atomic E-state index is 0.155. The summed E-state index contributed by atoms with van der Waals surface area (Å²) < 4.78 is 8.66. The van der Waals surface area contributed by atoms with Crippen LogP contribution in [0.1, 0.15) is 24.5 Å². The summed E-state index contributed by atoms with van der Waals surface area (Å²) in [4.78, 5) is 12.3. The molecule has 2 aromatic rings. The highest BCUT2D eigenvalue weighted by Gasteiger charge is 2.31. The number of methoxy groups -OCH3 is 1. The van der Waals surface area contributed by atoms with Crippen LogP contribution in [0.2, 0.25) is 0 Å². The van der Waals surface area contributed by atoms with E-state index in [1.165, 1.54) is 0 Å². The fourth-order valence-corrected chi connectivity index (χ4v) is 2.52. The van der Waals surface area contributed by atoms with E-state index in [-0.39, 0.29) is 5.56 Å². The third-order valence-electron chi connectivity index (χ3n) is 3.61. The van der Waals surface area contributed by atoms with Gasteiger partial charge >= 0.3 is 0 Å². The normalized spacial score (nSPS) is 14.6. The number of nitrogens with two attached hydrogens (primary N) is 1. The van der Waals surface area contributed by atoms with Crippen LogP contribution in [0.4, 0.5) is 5.69 Å². The van der Waals surface area contributed by atoms with Gasteiger partial charge in [0.2, 0.25) is 0 Å². The Bertz CT molecular complexity index is 680. The minimum atomic E-state index is -0.155. The number of hydrogen-bond acceptors (Lipinski definition) is 3. The van der Waals surface area contributed by atoms with Gasteiger partial charge in [-0.25, -0.2) is 4.68 Å². The SMILES string of the molecule is COc1cccc(-n2c(=O)c(N)c(C3CC3)n2C)c1. The molecule has 1 aliphatic carbocycles. The Morgan fingerprint density at radius 3 is 2.74 bits per heavy atom. The topological polar surface area (TPSA) is 62.2 Å². The summed E-state index contributed by atoms with van der Waals surface area (Å²) in [6, 6.07) is 7.42. The van der Waals surface area contributed by atoms with Crippen LogP contribution in [0.25, 0.3) is 5.69 Å². The van der Waals surface area contributed by atoms with E-state index < -0.39 is 0 Å². The zero-order valence-corrected chi connectivity index (χ0v) is 11.1. The summed E-state index contributed by atoms with van der Waals surface area (Å²) in [5, 5.41) is 0. The minimum Gasteiger partial charge on any atom is -0.497 e. The number of nitrogens with zero attached hydrogens (tertiary/aromatic N) is 2. The molecule has 1 saturated carbocycles. The van der Waals surface area contributed by atoms with Crippen LogP contribution in [0.5, 0.6) is 5.75 Å². The number of ether oxygens (including phenoxy) is 1. The monoisotopic (exact) mass is 259 g/mol. The number of hydrogen-bond donors (Lipinski definition) is 1. The van der Waals surface area contributed by atoms with Crippen LogP contribution in [0.15, 0.2) is 29.1 Å². The first-order valence-electron chi connectivity index (χ1n) is 6.35. The Labute approximate surface area is 111 Å². The number of aromatic nitrogens is 2. The fraction of sp³-hybridized carbons (Fsp3) is 0.357. The predicted molar refractivity (Wildman–Crippen MR) is 73.9 cm³/mol. The molecule has 0 saturated heterocycles. The van der Waals surface area contributed by atoms with Crippen LogP contribution in [0, 0.1) is 0 Å². The molecule has 100 valence electrons.